The van der Waals surface area contributed by atoms with Gasteiger partial charge in [-0.1, -0.05) is 35.9 Å². The predicted octanol–water partition coefficient (Wildman–Crippen LogP) is 3.28. The molecule has 0 unspecified atom stereocenters. The van der Waals surface area contributed by atoms with Crippen LogP contribution in [0.1, 0.15) is 28.8 Å². The lowest BCUT2D eigenvalue weighted by molar-refractivity contribution is 0.0926. The van der Waals surface area contributed by atoms with Gasteiger partial charge in [0.05, 0.1) is 5.56 Å². The summed E-state index contributed by atoms with van der Waals surface area (Å²) in [5.74, 6) is -0.823. The van der Waals surface area contributed by atoms with Gasteiger partial charge in [0.15, 0.2) is 0 Å². The zero-order valence-corrected chi connectivity index (χ0v) is 13.2. The molecule has 0 saturated carbocycles. The van der Waals surface area contributed by atoms with E-state index in [2.05, 4.69) is 10.6 Å². The SMILES string of the molecule is Cc1ccc(-c2ccc(C(=O)N[C@H]3CCCNC3)c(F)c2)cc1. The first kappa shape index (κ1) is 15.7. The highest BCUT2D eigenvalue weighted by atomic mass is 19.1. The van der Waals surface area contributed by atoms with Crippen molar-refractivity contribution in [2.24, 2.45) is 0 Å². The molecule has 0 spiro atoms. The van der Waals surface area contributed by atoms with Crippen molar-refractivity contribution in [2.45, 2.75) is 25.8 Å². The Morgan fingerprint density at radius 3 is 2.57 bits per heavy atom. The van der Waals surface area contributed by atoms with Gasteiger partial charge in [0.1, 0.15) is 5.82 Å². The van der Waals surface area contributed by atoms with E-state index >= 15 is 0 Å². The van der Waals surface area contributed by atoms with Crippen molar-refractivity contribution < 1.29 is 9.18 Å². The van der Waals surface area contributed by atoms with E-state index in [1.807, 2.05) is 31.2 Å². The maximum absolute atomic E-state index is 14.3. The van der Waals surface area contributed by atoms with Gasteiger partial charge in [-0.2, -0.15) is 0 Å². The molecule has 2 aromatic carbocycles. The first-order valence-corrected chi connectivity index (χ1v) is 8.01. The highest BCUT2D eigenvalue weighted by Crippen LogP contribution is 2.22. The molecule has 1 fully saturated rings. The average molecular weight is 312 g/mol. The lowest BCUT2D eigenvalue weighted by Crippen LogP contribution is -2.45. The van der Waals surface area contributed by atoms with Crippen LogP contribution in [-0.2, 0) is 0 Å². The first-order chi connectivity index (χ1) is 11.1. The van der Waals surface area contributed by atoms with E-state index in [1.165, 1.54) is 6.07 Å². The summed E-state index contributed by atoms with van der Waals surface area (Å²) in [5, 5.41) is 6.13. The molecule has 1 aliphatic heterocycles. The zero-order valence-electron chi connectivity index (χ0n) is 13.2. The van der Waals surface area contributed by atoms with Crippen molar-refractivity contribution in [1.29, 1.82) is 0 Å². The Hall–Kier alpha value is -2.20. The third-order valence-corrected chi connectivity index (χ3v) is 4.23. The number of carbonyl (C=O) groups excluding carboxylic acids is 1. The average Bonchev–Trinajstić information content (AvgIpc) is 2.56. The monoisotopic (exact) mass is 312 g/mol. The van der Waals surface area contributed by atoms with Crippen LogP contribution in [0.3, 0.4) is 0 Å². The number of nitrogens with one attached hydrogen (secondary N) is 2. The fourth-order valence-corrected chi connectivity index (χ4v) is 2.86. The highest BCUT2D eigenvalue weighted by molar-refractivity contribution is 5.95. The van der Waals surface area contributed by atoms with Crippen molar-refractivity contribution in [3.63, 3.8) is 0 Å². The largest absolute Gasteiger partial charge is 0.348 e. The van der Waals surface area contributed by atoms with Gasteiger partial charge in [-0.25, -0.2) is 4.39 Å². The Kier molecular flexibility index (Phi) is 4.72. The van der Waals surface area contributed by atoms with E-state index < -0.39 is 5.82 Å². The molecule has 120 valence electrons. The molecule has 2 aromatic rings. The number of amides is 1. The topological polar surface area (TPSA) is 41.1 Å². The Morgan fingerprint density at radius 1 is 1.17 bits per heavy atom. The second kappa shape index (κ2) is 6.92. The van der Waals surface area contributed by atoms with Crippen molar-refractivity contribution in [1.82, 2.24) is 10.6 Å². The van der Waals surface area contributed by atoms with Crippen LogP contribution in [0.5, 0.6) is 0 Å². The molecule has 1 heterocycles. The van der Waals surface area contributed by atoms with Gasteiger partial charge in [0.25, 0.3) is 5.91 Å². The molecule has 1 amide bonds. The summed E-state index contributed by atoms with van der Waals surface area (Å²) in [4.78, 5) is 12.2. The van der Waals surface area contributed by atoms with Gasteiger partial charge in [-0.3, -0.25) is 4.79 Å². The lowest BCUT2D eigenvalue weighted by Gasteiger charge is -2.23. The van der Waals surface area contributed by atoms with Crippen molar-refractivity contribution >= 4 is 5.91 Å². The molecular weight excluding hydrogens is 291 g/mol. The molecule has 1 saturated heterocycles. The van der Waals surface area contributed by atoms with Crippen LogP contribution in [-0.4, -0.2) is 25.0 Å². The normalized spacial score (nSPS) is 17.7. The molecule has 0 aliphatic carbocycles. The summed E-state index contributed by atoms with van der Waals surface area (Å²) in [7, 11) is 0. The molecular formula is C19H21FN2O. The third kappa shape index (κ3) is 3.77. The van der Waals surface area contributed by atoms with Crippen LogP contribution < -0.4 is 10.6 Å². The smallest absolute Gasteiger partial charge is 0.254 e. The molecule has 4 heteroatoms. The van der Waals surface area contributed by atoms with E-state index in [4.69, 9.17) is 0 Å². The lowest BCUT2D eigenvalue weighted by atomic mass is 10.0. The number of hydrogen-bond donors (Lipinski definition) is 2. The van der Waals surface area contributed by atoms with Crippen LogP contribution in [0.25, 0.3) is 11.1 Å². The number of carbonyl (C=O) groups is 1. The summed E-state index contributed by atoms with van der Waals surface area (Å²) in [5.41, 5.74) is 2.98. The maximum atomic E-state index is 14.3. The number of piperidine rings is 1. The predicted molar refractivity (Wildman–Crippen MR) is 89.9 cm³/mol. The fourth-order valence-electron chi connectivity index (χ4n) is 2.86. The second-order valence-corrected chi connectivity index (χ2v) is 6.08. The molecule has 0 aromatic heterocycles. The Labute approximate surface area is 135 Å². The molecule has 0 radical (unpaired) electrons. The minimum absolute atomic E-state index is 0.0763. The number of halogens is 1. The standard InChI is InChI=1S/C19H21FN2O/c1-13-4-6-14(7-5-13)15-8-9-17(18(20)11-15)19(23)22-16-3-2-10-21-12-16/h4-9,11,16,21H,2-3,10,12H2,1H3,(H,22,23)/t16-/m0/s1. The van der Waals surface area contributed by atoms with Gasteiger partial charge in [-0.05, 0) is 49.6 Å². The van der Waals surface area contributed by atoms with Crippen LogP contribution >= 0.6 is 0 Å². The van der Waals surface area contributed by atoms with E-state index in [0.717, 1.165) is 42.6 Å². The fraction of sp³-hybridized carbons (Fsp3) is 0.316. The van der Waals surface area contributed by atoms with Crippen LogP contribution in [0.2, 0.25) is 0 Å². The Balaban J connectivity index is 1.76. The van der Waals surface area contributed by atoms with Crippen molar-refractivity contribution in [3.05, 3.63) is 59.4 Å². The third-order valence-electron chi connectivity index (χ3n) is 4.23. The minimum Gasteiger partial charge on any atom is -0.348 e. The van der Waals surface area contributed by atoms with Crippen LogP contribution in [0.4, 0.5) is 4.39 Å². The van der Waals surface area contributed by atoms with Gasteiger partial charge < -0.3 is 10.6 Å². The van der Waals surface area contributed by atoms with Crippen molar-refractivity contribution in [3.8, 4) is 11.1 Å². The molecule has 2 N–H and O–H groups in total. The van der Waals surface area contributed by atoms with E-state index in [9.17, 15) is 9.18 Å². The quantitative estimate of drug-likeness (QED) is 0.913. The van der Waals surface area contributed by atoms with E-state index in [-0.39, 0.29) is 17.5 Å². The number of rotatable bonds is 3. The Morgan fingerprint density at radius 2 is 1.91 bits per heavy atom. The molecule has 23 heavy (non-hydrogen) atoms. The molecule has 0 bridgehead atoms. The summed E-state index contributed by atoms with van der Waals surface area (Å²) in [6.07, 6.45) is 1.96. The van der Waals surface area contributed by atoms with Gasteiger partial charge in [-0.15, -0.1) is 0 Å². The summed E-state index contributed by atoms with van der Waals surface area (Å²) in [6, 6.07) is 12.8. The summed E-state index contributed by atoms with van der Waals surface area (Å²) < 4.78 is 14.3. The van der Waals surface area contributed by atoms with Crippen LogP contribution in [0.15, 0.2) is 42.5 Å². The first-order valence-electron chi connectivity index (χ1n) is 8.01. The summed E-state index contributed by atoms with van der Waals surface area (Å²) in [6.45, 7) is 3.73. The molecule has 1 atom stereocenters. The van der Waals surface area contributed by atoms with E-state index in [0.29, 0.717) is 0 Å². The number of hydrogen-bond acceptors (Lipinski definition) is 2. The number of aryl methyl sites for hydroxylation is 1. The maximum Gasteiger partial charge on any atom is 0.254 e. The van der Waals surface area contributed by atoms with E-state index in [1.54, 1.807) is 12.1 Å². The van der Waals surface area contributed by atoms with Gasteiger partial charge in [0.2, 0.25) is 0 Å². The zero-order chi connectivity index (χ0) is 16.2. The summed E-state index contributed by atoms with van der Waals surface area (Å²) >= 11 is 0. The minimum atomic E-state index is -0.482. The van der Waals surface area contributed by atoms with Crippen LogP contribution in [0, 0.1) is 12.7 Å². The Bertz CT molecular complexity index is 691. The molecule has 3 rings (SSSR count). The van der Waals surface area contributed by atoms with Gasteiger partial charge >= 0.3 is 0 Å². The molecule has 1 aliphatic rings. The number of benzene rings is 2. The molecule has 3 nitrogen and oxygen atoms in total. The highest BCUT2D eigenvalue weighted by Gasteiger charge is 2.18. The van der Waals surface area contributed by atoms with Crippen molar-refractivity contribution in [2.75, 3.05) is 13.1 Å². The second-order valence-electron chi connectivity index (χ2n) is 6.08. The van der Waals surface area contributed by atoms with Gasteiger partial charge in [0, 0.05) is 12.6 Å².